The van der Waals surface area contributed by atoms with Gasteiger partial charge in [-0.25, -0.2) is 0 Å². The minimum absolute atomic E-state index is 0.0667. The molecule has 1 saturated heterocycles. The van der Waals surface area contributed by atoms with E-state index in [1.54, 1.807) is 0 Å². The molecule has 1 heterocycles. The van der Waals surface area contributed by atoms with Crippen molar-refractivity contribution < 1.29 is 14.3 Å². The zero-order chi connectivity index (χ0) is 15.3. The maximum absolute atomic E-state index is 12.5. The van der Waals surface area contributed by atoms with E-state index >= 15 is 0 Å². The Morgan fingerprint density at radius 2 is 1.85 bits per heavy atom. The lowest BCUT2D eigenvalue weighted by molar-refractivity contribution is -0.149. The molecule has 2 N–H and O–H groups in total. The number of carbonyl (C=O) groups excluding carboxylic acids is 2. The van der Waals surface area contributed by atoms with Crippen LogP contribution in [-0.2, 0) is 14.3 Å². The molecule has 1 aliphatic rings. The Kier molecular flexibility index (Phi) is 5.99. The number of hydrogen-bond acceptors (Lipinski definition) is 4. The van der Waals surface area contributed by atoms with Crippen molar-refractivity contribution in [2.24, 2.45) is 23.0 Å². The molecule has 0 bridgehead atoms. The molecule has 0 aliphatic carbocycles. The molecule has 0 saturated carbocycles. The number of nitrogens with zero attached hydrogens (tertiary/aromatic N) is 1. The molecule has 5 nitrogen and oxygen atoms in total. The number of ether oxygens (including phenoxy) is 1. The highest BCUT2D eigenvalue weighted by Gasteiger charge is 2.32. The van der Waals surface area contributed by atoms with Gasteiger partial charge in [-0.1, -0.05) is 20.8 Å². The van der Waals surface area contributed by atoms with Gasteiger partial charge in [-0.2, -0.15) is 0 Å². The van der Waals surface area contributed by atoms with Crippen molar-refractivity contribution in [1.29, 1.82) is 0 Å². The molecular formula is C15H28N2O3. The van der Waals surface area contributed by atoms with Gasteiger partial charge in [-0.15, -0.1) is 0 Å². The Morgan fingerprint density at radius 3 is 2.25 bits per heavy atom. The number of amides is 1. The average Bonchev–Trinajstić information content (AvgIpc) is 2.42. The lowest BCUT2D eigenvalue weighted by Crippen LogP contribution is -2.45. The number of methoxy groups -OCH3 is 1. The predicted octanol–water partition coefficient (Wildman–Crippen LogP) is 1.41. The number of rotatable bonds is 4. The summed E-state index contributed by atoms with van der Waals surface area (Å²) in [6.07, 6.45) is 2.16. The van der Waals surface area contributed by atoms with Gasteiger partial charge in [0.1, 0.15) is 0 Å². The van der Waals surface area contributed by atoms with Crippen LogP contribution < -0.4 is 5.73 Å². The third-order valence-corrected chi connectivity index (χ3v) is 3.83. The van der Waals surface area contributed by atoms with E-state index in [0.29, 0.717) is 32.5 Å². The van der Waals surface area contributed by atoms with Gasteiger partial charge in [-0.3, -0.25) is 9.59 Å². The van der Waals surface area contributed by atoms with Gasteiger partial charge < -0.3 is 15.4 Å². The maximum atomic E-state index is 12.5. The number of hydrogen-bond donors (Lipinski definition) is 1. The molecule has 0 spiro atoms. The Labute approximate surface area is 121 Å². The van der Waals surface area contributed by atoms with Crippen LogP contribution in [0.25, 0.3) is 0 Å². The first-order valence-corrected chi connectivity index (χ1v) is 7.35. The summed E-state index contributed by atoms with van der Waals surface area (Å²) in [5.74, 6) is -0.222. The summed E-state index contributed by atoms with van der Waals surface area (Å²) in [6, 6.07) is 0. The smallest absolute Gasteiger partial charge is 0.308 e. The molecule has 5 heteroatoms. The fraction of sp³-hybridized carbons (Fsp3) is 0.867. The summed E-state index contributed by atoms with van der Waals surface area (Å²) in [5.41, 5.74) is 5.85. The van der Waals surface area contributed by atoms with Gasteiger partial charge in [0, 0.05) is 19.6 Å². The van der Waals surface area contributed by atoms with Crippen molar-refractivity contribution in [1.82, 2.24) is 4.90 Å². The minimum atomic E-state index is -0.165. The van der Waals surface area contributed by atoms with E-state index in [-0.39, 0.29) is 29.1 Å². The molecule has 1 fully saturated rings. The first-order chi connectivity index (χ1) is 9.28. The SMILES string of the molecule is COC(=O)C1CCN(C(=O)C(CN)CC(C)(C)C)CC1. The molecule has 0 radical (unpaired) electrons. The van der Waals surface area contributed by atoms with Crippen LogP contribution >= 0.6 is 0 Å². The Hall–Kier alpha value is -1.10. The molecule has 1 aliphatic heterocycles. The molecular weight excluding hydrogens is 256 g/mol. The second-order valence-corrected chi connectivity index (χ2v) is 6.82. The monoisotopic (exact) mass is 284 g/mol. The van der Waals surface area contributed by atoms with Gasteiger partial charge in [0.25, 0.3) is 0 Å². The standard InChI is InChI=1S/C15H28N2O3/c1-15(2,3)9-12(10-16)13(18)17-7-5-11(6-8-17)14(19)20-4/h11-12H,5-10,16H2,1-4H3. The molecule has 0 aromatic heterocycles. The van der Waals surface area contributed by atoms with Crippen molar-refractivity contribution in [2.75, 3.05) is 26.7 Å². The molecule has 1 atom stereocenters. The third kappa shape index (κ3) is 4.78. The van der Waals surface area contributed by atoms with Gasteiger partial charge in [0.05, 0.1) is 18.9 Å². The maximum Gasteiger partial charge on any atom is 0.308 e. The van der Waals surface area contributed by atoms with Crippen LogP contribution in [0.3, 0.4) is 0 Å². The zero-order valence-electron chi connectivity index (χ0n) is 13.1. The molecule has 116 valence electrons. The van der Waals surface area contributed by atoms with Gasteiger partial charge in [-0.05, 0) is 24.7 Å². The largest absolute Gasteiger partial charge is 0.469 e. The summed E-state index contributed by atoms with van der Waals surface area (Å²) >= 11 is 0. The number of carbonyl (C=O) groups is 2. The van der Waals surface area contributed by atoms with Crippen molar-refractivity contribution in [3.05, 3.63) is 0 Å². The van der Waals surface area contributed by atoms with E-state index in [2.05, 4.69) is 20.8 Å². The lowest BCUT2D eigenvalue weighted by Gasteiger charge is -2.34. The van der Waals surface area contributed by atoms with E-state index in [1.165, 1.54) is 7.11 Å². The molecule has 0 aromatic rings. The Morgan fingerprint density at radius 1 is 1.30 bits per heavy atom. The second-order valence-electron chi connectivity index (χ2n) is 6.82. The van der Waals surface area contributed by atoms with Crippen LogP contribution in [0.1, 0.15) is 40.0 Å². The molecule has 1 rings (SSSR count). The van der Waals surface area contributed by atoms with Gasteiger partial charge in [0.15, 0.2) is 0 Å². The number of piperidine rings is 1. The van der Waals surface area contributed by atoms with Crippen LogP contribution in [0.2, 0.25) is 0 Å². The lowest BCUT2D eigenvalue weighted by atomic mass is 9.83. The molecule has 0 aromatic carbocycles. The summed E-state index contributed by atoms with van der Waals surface area (Å²) in [5, 5.41) is 0. The van der Waals surface area contributed by atoms with E-state index in [1.807, 2.05) is 4.90 Å². The predicted molar refractivity (Wildman–Crippen MR) is 77.9 cm³/mol. The second kappa shape index (κ2) is 7.07. The highest BCUT2D eigenvalue weighted by Crippen LogP contribution is 2.27. The first-order valence-electron chi connectivity index (χ1n) is 7.35. The van der Waals surface area contributed by atoms with Crippen LogP contribution in [-0.4, -0.2) is 43.5 Å². The number of esters is 1. The molecule has 20 heavy (non-hydrogen) atoms. The normalized spacial score (nSPS) is 18.8. The van der Waals surface area contributed by atoms with Gasteiger partial charge in [0.2, 0.25) is 5.91 Å². The quantitative estimate of drug-likeness (QED) is 0.792. The van der Waals surface area contributed by atoms with E-state index in [9.17, 15) is 9.59 Å². The van der Waals surface area contributed by atoms with Gasteiger partial charge >= 0.3 is 5.97 Å². The van der Waals surface area contributed by atoms with Crippen LogP contribution in [0.15, 0.2) is 0 Å². The molecule has 1 unspecified atom stereocenters. The zero-order valence-corrected chi connectivity index (χ0v) is 13.1. The highest BCUT2D eigenvalue weighted by molar-refractivity contribution is 5.80. The van der Waals surface area contributed by atoms with Crippen molar-refractivity contribution in [3.8, 4) is 0 Å². The Bertz CT molecular complexity index is 342. The minimum Gasteiger partial charge on any atom is -0.469 e. The van der Waals surface area contributed by atoms with Crippen LogP contribution in [0, 0.1) is 17.3 Å². The van der Waals surface area contributed by atoms with E-state index < -0.39 is 0 Å². The summed E-state index contributed by atoms with van der Waals surface area (Å²) in [6.45, 7) is 7.98. The average molecular weight is 284 g/mol. The fourth-order valence-electron chi connectivity index (χ4n) is 2.77. The van der Waals surface area contributed by atoms with E-state index in [0.717, 1.165) is 6.42 Å². The fourth-order valence-corrected chi connectivity index (χ4v) is 2.77. The summed E-state index contributed by atoms with van der Waals surface area (Å²) in [4.78, 5) is 25.8. The third-order valence-electron chi connectivity index (χ3n) is 3.83. The Balaban J connectivity index is 2.55. The first kappa shape index (κ1) is 17.0. The van der Waals surface area contributed by atoms with Crippen molar-refractivity contribution in [2.45, 2.75) is 40.0 Å². The molecule has 1 amide bonds. The highest BCUT2D eigenvalue weighted by atomic mass is 16.5. The summed E-state index contributed by atoms with van der Waals surface area (Å²) < 4.78 is 4.76. The topological polar surface area (TPSA) is 72.6 Å². The summed E-state index contributed by atoms with van der Waals surface area (Å²) in [7, 11) is 1.41. The van der Waals surface area contributed by atoms with Crippen LogP contribution in [0.4, 0.5) is 0 Å². The van der Waals surface area contributed by atoms with E-state index in [4.69, 9.17) is 10.5 Å². The van der Waals surface area contributed by atoms with Crippen molar-refractivity contribution in [3.63, 3.8) is 0 Å². The number of nitrogens with two attached hydrogens (primary N) is 1. The van der Waals surface area contributed by atoms with Crippen LogP contribution in [0.5, 0.6) is 0 Å². The van der Waals surface area contributed by atoms with Crippen molar-refractivity contribution >= 4 is 11.9 Å². The number of likely N-dealkylation sites (tertiary alicyclic amines) is 1.